The van der Waals surface area contributed by atoms with Gasteiger partial charge >= 0.3 is 6.09 Å². The zero-order valence-corrected chi connectivity index (χ0v) is 25.5. The fourth-order valence-corrected chi connectivity index (χ4v) is 6.37. The minimum atomic E-state index is -1.04. The Labute approximate surface area is 267 Å². The van der Waals surface area contributed by atoms with Gasteiger partial charge in [0.2, 0.25) is 5.91 Å². The molecule has 3 aliphatic rings. The van der Waals surface area contributed by atoms with Crippen molar-refractivity contribution in [3.8, 4) is 0 Å². The van der Waals surface area contributed by atoms with Crippen LogP contribution in [0, 0.1) is 0 Å². The summed E-state index contributed by atoms with van der Waals surface area (Å²) in [5, 5.41) is 21.9. The van der Waals surface area contributed by atoms with Gasteiger partial charge in [-0.05, 0) is 48.2 Å². The van der Waals surface area contributed by atoms with Crippen LogP contribution < -0.4 is 10.2 Å². The van der Waals surface area contributed by atoms with Crippen molar-refractivity contribution in [1.82, 2.24) is 10.2 Å². The van der Waals surface area contributed by atoms with E-state index in [1.807, 2.05) is 60.7 Å². The second-order valence-electron chi connectivity index (χ2n) is 11.9. The molecule has 6 rings (SSSR count). The molecule has 5 unspecified atom stereocenters. The van der Waals surface area contributed by atoms with Gasteiger partial charge in [-0.2, -0.15) is 0 Å². The lowest BCUT2D eigenvalue weighted by atomic mass is 9.99. The van der Waals surface area contributed by atoms with Crippen LogP contribution in [0.4, 0.5) is 10.5 Å². The molecule has 3 heterocycles. The van der Waals surface area contributed by atoms with Crippen LogP contribution in [0.2, 0.25) is 0 Å². The van der Waals surface area contributed by atoms with Crippen LogP contribution in [0.3, 0.4) is 0 Å². The number of carbonyl (C=O) groups is 3. The number of rotatable bonds is 10. The number of nitrogens with zero attached hydrogens (tertiary/aromatic N) is 2. The van der Waals surface area contributed by atoms with Gasteiger partial charge in [-0.25, -0.2) is 9.69 Å². The smallest absolute Gasteiger partial charge is 0.408 e. The minimum absolute atomic E-state index is 0.0423. The first-order chi connectivity index (χ1) is 22.4. The summed E-state index contributed by atoms with van der Waals surface area (Å²) in [4.78, 5) is 42.1. The molecule has 3 amide bonds. The number of amides is 3. The van der Waals surface area contributed by atoms with Crippen molar-refractivity contribution in [2.24, 2.45) is 0 Å². The number of anilines is 1. The topological polar surface area (TPSA) is 138 Å². The molecular formula is C35H39N3O8. The van der Waals surface area contributed by atoms with Gasteiger partial charge in [0, 0.05) is 24.6 Å². The van der Waals surface area contributed by atoms with E-state index in [0.29, 0.717) is 24.2 Å². The zero-order valence-electron chi connectivity index (χ0n) is 25.5. The van der Waals surface area contributed by atoms with Gasteiger partial charge < -0.3 is 29.7 Å². The summed E-state index contributed by atoms with van der Waals surface area (Å²) < 4.78 is 18.2. The molecule has 0 spiro atoms. The number of ether oxygens (including phenoxy) is 3. The molecule has 3 saturated heterocycles. The lowest BCUT2D eigenvalue weighted by Gasteiger charge is -2.38. The molecule has 46 heavy (non-hydrogen) atoms. The first kappa shape index (κ1) is 31.8. The predicted molar refractivity (Wildman–Crippen MR) is 167 cm³/mol. The van der Waals surface area contributed by atoms with Crippen LogP contribution in [0.5, 0.6) is 0 Å². The molecule has 3 aromatic rings. The number of hydrogen-bond acceptors (Lipinski definition) is 9. The number of nitrogens with one attached hydrogen (secondary N) is 1. The second kappa shape index (κ2) is 14.5. The summed E-state index contributed by atoms with van der Waals surface area (Å²) >= 11 is 0. The Bertz CT molecular complexity index is 1520. The van der Waals surface area contributed by atoms with E-state index in [2.05, 4.69) is 10.2 Å². The fraction of sp³-hybridized carbons (Fsp3) is 0.400. The number of imide groups is 1. The summed E-state index contributed by atoms with van der Waals surface area (Å²) in [7, 11) is 0. The second-order valence-corrected chi connectivity index (χ2v) is 11.9. The molecule has 3 N–H and O–H groups in total. The third-order valence-corrected chi connectivity index (χ3v) is 8.81. The fourth-order valence-electron chi connectivity index (χ4n) is 6.37. The SMILES string of the molecule is O=C(NC1CC(=O)N(c2cccc(C3OC(CN4CCCC4CO)CC(c4ccc(CO)cc4)O3)c2)C1=O)OCc1ccccc1. The average molecular weight is 630 g/mol. The zero-order chi connectivity index (χ0) is 32.0. The third-order valence-electron chi connectivity index (χ3n) is 8.81. The number of aliphatic hydroxyl groups is 2. The van der Waals surface area contributed by atoms with Gasteiger partial charge in [0.05, 0.1) is 37.5 Å². The number of aliphatic hydroxyl groups excluding tert-OH is 2. The maximum absolute atomic E-state index is 13.3. The Balaban J connectivity index is 1.17. The van der Waals surface area contributed by atoms with E-state index in [4.69, 9.17) is 14.2 Å². The Morgan fingerprint density at radius 2 is 1.74 bits per heavy atom. The number of likely N-dealkylation sites (tertiary alicyclic amines) is 1. The van der Waals surface area contributed by atoms with Gasteiger partial charge in [-0.15, -0.1) is 0 Å². The molecule has 0 radical (unpaired) electrons. The van der Waals surface area contributed by atoms with Gasteiger partial charge in [-0.1, -0.05) is 66.7 Å². The highest BCUT2D eigenvalue weighted by atomic mass is 16.7. The normalized spacial score (nSPS) is 25.2. The molecule has 0 bridgehead atoms. The first-order valence-corrected chi connectivity index (χ1v) is 15.7. The highest BCUT2D eigenvalue weighted by Gasteiger charge is 2.41. The molecule has 11 heteroatoms. The van der Waals surface area contributed by atoms with Crippen LogP contribution in [0.15, 0.2) is 78.9 Å². The van der Waals surface area contributed by atoms with E-state index >= 15 is 0 Å². The molecule has 0 aliphatic carbocycles. The maximum atomic E-state index is 13.3. The van der Waals surface area contributed by atoms with Gasteiger partial charge in [0.1, 0.15) is 12.6 Å². The molecule has 3 aromatic carbocycles. The third kappa shape index (κ3) is 7.30. The van der Waals surface area contributed by atoms with Gasteiger partial charge in [-0.3, -0.25) is 14.5 Å². The van der Waals surface area contributed by atoms with Crippen molar-refractivity contribution in [3.05, 3.63) is 101 Å². The molecule has 5 atom stereocenters. The van der Waals surface area contributed by atoms with Gasteiger partial charge in [0.15, 0.2) is 6.29 Å². The van der Waals surface area contributed by atoms with Crippen LogP contribution in [0.25, 0.3) is 0 Å². The lowest BCUT2D eigenvalue weighted by Crippen LogP contribution is -2.42. The van der Waals surface area contributed by atoms with Crippen molar-refractivity contribution < 1.29 is 38.8 Å². The molecule has 3 aliphatic heterocycles. The first-order valence-electron chi connectivity index (χ1n) is 15.7. The maximum Gasteiger partial charge on any atom is 0.408 e. The number of benzene rings is 3. The van der Waals surface area contributed by atoms with E-state index in [0.717, 1.165) is 41.0 Å². The van der Waals surface area contributed by atoms with E-state index < -0.39 is 30.2 Å². The Morgan fingerprint density at radius 1 is 0.935 bits per heavy atom. The Kier molecular flexibility index (Phi) is 10.1. The number of hydrogen-bond donors (Lipinski definition) is 3. The van der Waals surface area contributed by atoms with Crippen LogP contribution in [-0.2, 0) is 37.0 Å². The summed E-state index contributed by atoms with van der Waals surface area (Å²) in [6, 6.07) is 22.8. The molecule has 3 fully saturated rings. The Morgan fingerprint density at radius 3 is 2.50 bits per heavy atom. The van der Waals surface area contributed by atoms with Crippen molar-refractivity contribution in [3.63, 3.8) is 0 Å². The average Bonchev–Trinajstić information content (AvgIpc) is 3.65. The number of carbonyl (C=O) groups excluding carboxylic acids is 3. The predicted octanol–water partition coefficient (Wildman–Crippen LogP) is 3.74. The van der Waals surface area contributed by atoms with Crippen LogP contribution in [0.1, 0.15) is 60.3 Å². The van der Waals surface area contributed by atoms with Crippen molar-refractivity contribution in [2.75, 3.05) is 24.6 Å². The van der Waals surface area contributed by atoms with E-state index in [9.17, 15) is 24.6 Å². The van der Waals surface area contributed by atoms with Crippen molar-refractivity contribution in [2.45, 2.75) is 69.5 Å². The summed E-state index contributed by atoms with van der Waals surface area (Å²) in [5.41, 5.74) is 3.55. The van der Waals surface area contributed by atoms with E-state index in [1.54, 1.807) is 18.2 Å². The molecule has 0 aromatic heterocycles. The summed E-state index contributed by atoms with van der Waals surface area (Å²) in [6.45, 7) is 1.60. The van der Waals surface area contributed by atoms with Crippen molar-refractivity contribution >= 4 is 23.6 Å². The quantitative estimate of drug-likeness (QED) is 0.287. The monoisotopic (exact) mass is 629 g/mol. The van der Waals surface area contributed by atoms with Crippen LogP contribution >= 0.6 is 0 Å². The van der Waals surface area contributed by atoms with E-state index in [1.165, 1.54) is 0 Å². The van der Waals surface area contributed by atoms with Gasteiger partial charge in [0.25, 0.3) is 5.91 Å². The summed E-state index contributed by atoms with van der Waals surface area (Å²) in [6.07, 6.45) is 0.297. The molecule has 0 saturated carbocycles. The minimum Gasteiger partial charge on any atom is -0.445 e. The molecule has 242 valence electrons. The number of alkyl carbamates (subject to hydrolysis) is 1. The van der Waals surface area contributed by atoms with Crippen molar-refractivity contribution in [1.29, 1.82) is 0 Å². The standard InChI is InChI=1S/C35H39N3O8/c39-20-23-11-13-25(14-12-23)31-17-29(19-37-15-5-10-28(37)21-40)45-34(46-31)26-8-4-9-27(16-26)38-32(41)18-30(33(38)42)36-35(43)44-22-24-6-2-1-3-7-24/h1-4,6-9,11-14,16,28-31,34,39-40H,5,10,15,17-22H2,(H,36,43). The molecular weight excluding hydrogens is 590 g/mol. The highest BCUT2D eigenvalue weighted by Crippen LogP contribution is 2.39. The molecule has 11 nitrogen and oxygen atoms in total. The summed E-state index contributed by atoms with van der Waals surface area (Å²) in [5.74, 6) is -0.988. The Hall–Kier alpha value is -4.13. The largest absolute Gasteiger partial charge is 0.445 e. The highest BCUT2D eigenvalue weighted by molar-refractivity contribution is 6.22. The van der Waals surface area contributed by atoms with Crippen LogP contribution in [-0.4, -0.2) is 70.9 Å². The van der Waals surface area contributed by atoms with E-state index in [-0.39, 0.29) is 44.5 Å². The lowest BCUT2D eigenvalue weighted by molar-refractivity contribution is -0.253.